The molecule has 0 spiro atoms. The van der Waals surface area contributed by atoms with E-state index in [1.165, 1.54) is 37.2 Å². The first-order valence-corrected chi connectivity index (χ1v) is 10.3. The lowest BCUT2D eigenvalue weighted by molar-refractivity contribution is 0.330. The molecule has 1 fully saturated rings. The van der Waals surface area contributed by atoms with Crippen molar-refractivity contribution in [2.45, 2.75) is 26.3 Å². The van der Waals surface area contributed by atoms with E-state index in [9.17, 15) is 0 Å². The Kier molecular flexibility index (Phi) is 5.52. The highest BCUT2D eigenvalue weighted by Gasteiger charge is 2.20. The summed E-state index contributed by atoms with van der Waals surface area (Å²) in [6.07, 6.45) is 2.57. The lowest BCUT2D eigenvalue weighted by atomic mass is 10.1. The van der Waals surface area contributed by atoms with E-state index in [-0.39, 0.29) is 0 Å². The number of nitrogens with zero attached hydrogens (tertiary/aromatic N) is 2. The fraction of sp³-hybridized carbons (Fsp3) is 0.273. The van der Waals surface area contributed by atoms with Gasteiger partial charge in [-0.1, -0.05) is 46.9 Å². The minimum Gasteiger partial charge on any atom is -0.312 e. The molecule has 0 atom stereocenters. The van der Waals surface area contributed by atoms with E-state index in [0.29, 0.717) is 10.0 Å². The number of hydrogen-bond donors (Lipinski definition) is 0. The van der Waals surface area contributed by atoms with Gasteiger partial charge in [-0.15, -0.1) is 0 Å². The zero-order valence-corrected chi connectivity index (χ0v) is 17.5. The first kappa shape index (κ1) is 18.9. The lowest BCUT2D eigenvalue weighted by Crippen LogP contribution is -2.18. The standard InChI is InChI=1S/C22H21Cl3N2/c1-15-17(14-26-10-2-3-11-26)12-22(16-4-6-18(23)7-5-16)27(15)21-9-8-19(24)13-20(21)25/h4-9,12-13H,2-3,10-11,14H2,1H3. The van der Waals surface area contributed by atoms with Gasteiger partial charge in [0.25, 0.3) is 0 Å². The predicted molar refractivity (Wildman–Crippen MR) is 115 cm³/mol. The van der Waals surface area contributed by atoms with Gasteiger partial charge in [-0.2, -0.15) is 0 Å². The van der Waals surface area contributed by atoms with Crippen LogP contribution in [-0.2, 0) is 6.54 Å². The van der Waals surface area contributed by atoms with Gasteiger partial charge in [0, 0.05) is 22.3 Å². The molecule has 0 radical (unpaired) electrons. The van der Waals surface area contributed by atoms with Gasteiger partial charge in [0.15, 0.2) is 0 Å². The van der Waals surface area contributed by atoms with E-state index in [0.717, 1.165) is 28.5 Å². The highest BCUT2D eigenvalue weighted by Crippen LogP contribution is 2.34. The van der Waals surface area contributed by atoms with Crippen LogP contribution in [0.5, 0.6) is 0 Å². The smallest absolute Gasteiger partial charge is 0.0661 e. The van der Waals surface area contributed by atoms with E-state index in [1.54, 1.807) is 6.07 Å². The molecule has 140 valence electrons. The maximum absolute atomic E-state index is 6.56. The molecular formula is C22H21Cl3N2. The summed E-state index contributed by atoms with van der Waals surface area (Å²) >= 11 is 18.8. The molecule has 1 aromatic heterocycles. The number of aromatic nitrogens is 1. The van der Waals surface area contributed by atoms with Gasteiger partial charge in [0.2, 0.25) is 0 Å². The molecule has 1 aliphatic rings. The fourth-order valence-corrected chi connectivity index (χ4v) is 4.43. The maximum Gasteiger partial charge on any atom is 0.0661 e. The molecule has 2 heterocycles. The summed E-state index contributed by atoms with van der Waals surface area (Å²) in [5.41, 5.74) is 5.70. The van der Waals surface area contributed by atoms with Gasteiger partial charge in [0.05, 0.1) is 16.4 Å². The third kappa shape index (κ3) is 3.90. The first-order chi connectivity index (χ1) is 13.0. The Bertz CT molecular complexity index is 954. The average Bonchev–Trinajstić information content (AvgIpc) is 3.26. The van der Waals surface area contributed by atoms with Crippen molar-refractivity contribution in [1.82, 2.24) is 9.47 Å². The third-order valence-electron chi connectivity index (χ3n) is 5.24. The van der Waals surface area contributed by atoms with E-state index >= 15 is 0 Å². The third-order valence-corrected chi connectivity index (χ3v) is 6.03. The molecule has 0 saturated carbocycles. The SMILES string of the molecule is Cc1c(CN2CCCC2)cc(-c2ccc(Cl)cc2)n1-c1ccc(Cl)cc1Cl. The van der Waals surface area contributed by atoms with Gasteiger partial charge in [-0.25, -0.2) is 0 Å². The number of rotatable bonds is 4. The molecule has 0 aliphatic carbocycles. The number of halogens is 3. The van der Waals surface area contributed by atoms with Crippen LogP contribution in [0.2, 0.25) is 15.1 Å². The van der Waals surface area contributed by atoms with Crippen molar-refractivity contribution in [3.8, 4) is 16.9 Å². The molecule has 2 aromatic carbocycles. The van der Waals surface area contributed by atoms with E-state index in [2.05, 4.69) is 34.6 Å². The van der Waals surface area contributed by atoms with E-state index < -0.39 is 0 Å². The number of likely N-dealkylation sites (tertiary alicyclic amines) is 1. The van der Waals surface area contributed by atoms with Gasteiger partial charge < -0.3 is 4.57 Å². The van der Waals surface area contributed by atoms with Crippen LogP contribution in [0.15, 0.2) is 48.5 Å². The van der Waals surface area contributed by atoms with Crippen LogP contribution in [0.1, 0.15) is 24.1 Å². The summed E-state index contributed by atoms with van der Waals surface area (Å²) in [6, 6.07) is 15.9. The van der Waals surface area contributed by atoms with Crippen molar-refractivity contribution in [1.29, 1.82) is 0 Å². The Balaban J connectivity index is 1.85. The van der Waals surface area contributed by atoms with Crippen LogP contribution in [-0.4, -0.2) is 22.6 Å². The summed E-state index contributed by atoms with van der Waals surface area (Å²) in [5.74, 6) is 0. The molecule has 4 rings (SSSR count). The van der Waals surface area contributed by atoms with Crippen LogP contribution >= 0.6 is 34.8 Å². The van der Waals surface area contributed by atoms with Crippen molar-refractivity contribution in [2.75, 3.05) is 13.1 Å². The van der Waals surface area contributed by atoms with E-state index in [1.807, 2.05) is 24.3 Å². The molecule has 0 bridgehead atoms. The highest BCUT2D eigenvalue weighted by molar-refractivity contribution is 6.35. The molecule has 0 amide bonds. The lowest BCUT2D eigenvalue weighted by Gasteiger charge is -2.16. The largest absolute Gasteiger partial charge is 0.312 e. The molecule has 1 saturated heterocycles. The van der Waals surface area contributed by atoms with Crippen LogP contribution in [0.3, 0.4) is 0 Å². The second-order valence-electron chi connectivity index (χ2n) is 7.06. The fourth-order valence-electron chi connectivity index (χ4n) is 3.81. The number of benzene rings is 2. The molecule has 1 aliphatic heterocycles. The van der Waals surface area contributed by atoms with Crippen LogP contribution in [0.25, 0.3) is 16.9 Å². The van der Waals surface area contributed by atoms with E-state index in [4.69, 9.17) is 34.8 Å². The molecule has 27 heavy (non-hydrogen) atoms. The summed E-state index contributed by atoms with van der Waals surface area (Å²) in [6.45, 7) is 5.46. The Morgan fingerprint density at radius 1 is 0.852 bits per heavy atom. The summed E-state index contributed by atoms with van der Waals surface area (Å²) in [5, 5.41) is 2.01. The second-order valence-corrected chi connectivity index (χ2v) is 8.34. The monoisotopic (exact) mass is 418 g/mol. The predicted octanol–water partition coefficient (Wildman–Crippen LogP) is 7.01. The Labute approximate surface area is 175 Å². The van der Waals surface area contributed by atoms with Crippen LogP contribution in [0.4, 0.5) is 0 Å². The van der Waals surface area contributed by atoms with Crippen molar-refractivity contribution in [3.63, 3.8) is 0 Å². The summed E-state index contributed by atoms with van der Waals surface area (Å²) in [4.78, 5) is 2.52. The van der Waals surface area contributed by atoms with Gasteiger partial charge in [-0.05, 0) is 80.4 Å². The zero-order valence-electron chi connectivity index (χ0n) is 15.2. The van der Waals surface area contributed by atoms with Crippen molar-refractivity contribution in [2.24, 2.45) is 0 Å². The van der Waals surface area contributed by atoms with Gasteiger partial charge in [-0.3, -0.25) is 4.90 Å². The molecule has 0 N–H and O–H groups in total. The van der Waals surface area contributed by atoms with Crippen LogP contribution < -0.4 is 0 Å². The quantitative estimate of drug-likeness (QED) is 0.441. The zero-order chi connectivity index (χ0) is 19.0. The molecule has 5 heteroatoms. The average molecular weight is 420 g/mol. The summed E-state index contributed by atoms with van der Waals surface area (Å²) < 4.78 is 2.23. The summed E-state index contributed by atoms with van der Waals surface area (Å²) in [7, 11) is 0. The highest BCUT2D eigenvalue weighted by atomic mass is 35.5. The minimum absolute atomic E-state index is 0.638. The van der Waals surface area contributed by atoms with Crippen molar-refractivity contribution < 1.29 is 0 Å². The Morgan fingerprint density at radius 3 is 2.19 bits per heavy atom. The topological polar surface area (TPSA) is 8.17 Å². The first-order valence-electron chi connectivity index (χ1n) is 9.18. The van der Waals surface area contributed by atoms with Gasteiger partial charge in [0.1, 0.15) is 0 Å². The Morgan fingerprint density at radius 2 is 1.52 bits per heavy atom. The van der Waals surface area contributed by atoms with Crippen LogP contribution in [0, 0.1) is 6.92 Å². The Hall–Kier alpha value is -1.45. The molecule has 0 unspecified atom stereocenters. The molecule has 3 aromatic rings. The molecule has 2 nitrogen and oxygen atoms in total. The van der Waals surface area contributed by atoms with Crippen molar-refractivity contribution >= 4 is 34.8 Å². The second kappa shape index (κ2) is 7.89. The van der Waals surface area contributed by atoms with Crippen molar-refractivity contribution in [3.05, 3.63) is 74.9 Å². The minimum atomic E-state index is 0.638. The van der Waals surface area contributed by atoms with Gasteiger partial charge >= 0.3 is 0 Å². The maximum atomic E-state index is 6.56. The molecular weight excluding hydrogens is 399 g/mol. The normalized spacial score (nSPS) is 14.8. The number of hydrogen-bond acceptors (Lipinski definition) is 1.